The van der Waals surface area contributed by atoms with E-state index in [-0.39, 0.29) is 5.60 Å². The molecule has 0 radical (unpaired) electrons. The Morgan fingerprint density at radius 2 is 2.00 bits per heavy atom. The summed E-state index contributed by atoms with van der Waals surface area (Å²) in [6.07, 6.45) is 0.846. The van der Waals surface area contributed by atoms with Crippen molar-refractivity contribution in [1.82, 2.24) is 15.3 Å². The second-order valence-electron chi connectivity index (χ2n) is 4.91. The maximum Gasteiger partial charge on any atom is 0.0864 e. The zero-order valence-corrected chi connectivity index (χ0v) is 12.1. The molecule has 0 fully saturated rings. The van der Waals surface area contributed by atoms with E-state index in [1.54, 1.807) is 0 Å². The van der Waals surface area contributed by atoms with E-state index in [0.29, 0.717) is 6.54 Å². The number of rotatable bonds is 5. The number of aryl methyl sites for hydroxylation is 2. The van der Waals surface area contributed by atoms with Gasteiger partial charge in [0.2, 0.25) is 0 Å². The summed E-state index contributed by atoms with van der Waals surface area (Å²) in [7, 11) is 0. The van der Waals surface area contributed by atoms with E-state index in [9.17, 15) is 0 Å². The van der Waals surface area contributed by atoms with E-state index >= 15 is 0 Å². The van der Waals surface area contributed by atoms with Crippen molar-refractivity contribution in [2.45, 2.75) is 59.7 Å². The van der Waals surface area contributed by atoms with Crippen molar-refractivity contribution in [3.8, 4) is 0 Å². The standard InChI is InChI=1S/C12H22ClN3O/c1-6-9-11(13)10(16(7-2)15-9)8-14-17-12(3,4)5/h14H,6-8H2,1-5H3. The molecule has 0 atom stereocenters. The Labute approximate surface area is 108 Å². The predicted molar refractivity (Wildman–Crippen MR) is 70.0 cm³/mol. The lowest BCUT2D eigenvalue weighted by molar-refractivity contribution is -0.0765. The Balaban J connectivity index is 2.72. The van der Waals surface area contributed by atoms with Crippen LogP contribution in [-0.4, -0.2) is 15.4 Å². The van der Waals surface area contributed by atoms with E-state index in [1.807, 2.05) is 25.5 Å². The molecule has 1 aromatic rings. The summed E-state index contributed by atoms with van der Waals surface area (Å²) in [5.41, 5.74) is 4.67. The Kier molecular flexibility index (Phi) is 4.98. The number of hydroxylamine groups is 1. The number of hydrogen-bond donors (Lipinski definition) is 1. The highest BCUT2D eigenvalue weighted by atomic mass is 35.5. The second kappa shape index (κ2) is 5.85. The highest BCUT2D eigenvalue weighted by Gasteiger charge is 2.15. The minimum atomic E-state index is -0.211. The van der Waals surface area contributed by atoms with Gasteiger partial charge in [-0.2, -0.15) is 10.6 Å². The van der Waals surface area contributed by atoms with Gasteiger partial charge in [0.15, 0.2) is 0 Å². The molecule has 1 rings (SSSR count). The van der Waals surface area contributed by atoms with Gasteiger partial charge in [0.05, 0.1) is 28.6 Å². The molecule has 4 nitrogen and oxygen atoms in total. The van der Waals surface area contributed by atoms with Crippen LogP contribution in [0.4, 0.5) is 0 Å². The Bertz CT molecular complexity index is 369. The minimum Gasteiger partial charge on any atom is -0.296 e. The van der Waals surface area contributed by atoms with Crippen molar-refractivity contribution in [1.29, 1.82) is 0 Å². The number of hydrogen-bond acceptors (Lipinski definition) is 3. The summed E-state index contributed by atoms with van der Waals surface area (Å²) in [6.45, 7) is 11.5. The van der Waals surface area contributed by atoms with Crippen molar-refractivity contribution >= 4 is 11.6 Å². The quantitative estimate of drug-likeness (QED) is 0.827. The summed E-state index contributed by atoms with van der Waals surface area (Å²) < 4.78 is 1.92. The highest BCUT2D eigenvalue weighted by molar-refractivity contribution is 6.31. The summed E-state index contributed by atoms with van der Waals surface area (Å²) in [5, 5.41) is 5.20. The van der Waals surface area contributed by atoms with Crippen LogP contribution in [0.3, 0.4) is 0 Å². The van der Waals surface area contributed by atoms with Crippen molar-refractivity contribution < 1.29 is 4.84 Å². The Morgan fingerprint density at radius 1 is 1.35 bits per heavy atom. The lowest BCUT2D eigenvalue weighted by atomic mass is 10.2. The molecule has 0 unspecified atom stereocenters. The number of halogens is 1. The Morgan fingerprint density at radius 3 is 2.47 bits per heavy atom. The van der Waals surface area contributed by atoms with Crippen LogP contribution in [0.5, 0.6) is 0 Å². The first-order chi connectivity index (χ1) is 7.89. The lowest BCUT2D eigenvalue weighted by Gasteiger charge is -2.19. The first-order valence-electron chi connectivity index (χ1n) is 6.04. The van der Waals surface area contributed by atoms with Gasteiger partial charge in [-0.25, -0.2) is 0 Å². The largest absolute Gasteiger partial charge is 0.296 e. The van der Waals surface area contributed by atoms with Gasteiger partial charge >= 0.3 is 0 Å². The minimum absolute atomic E-state index is 0.211. The summed E-state index contributed by atoms with van der Waals surface area (Å²) in [6, 6.07) is 0. The van der Waals surface area contributed by atoms with E-state index in [0.717, 1.165) is 29.4 Å². The average Bonchev–Trinajstić information content (AvgIpc) is 2.54. The normalized spacial score (nSPS) is 12.1. The molecule has 1 heterocycles. The van der Waals surface area contributed by atoms with Gasteiger partial charge in [-0.3, -0.25) is 9.52 Å². The fraction of sp³-hybridized carbons (Fsp3) is 0.750. The first kappa shape index (κ1) is 14.5. The van der Waals surface area contributed by atoms with Crippen LogP contribution < -0.4 is 5.48 Å². The molecule has 0 amide bonds. The number of aromatic nitrogens is 2. The van der Waals surface area contributed by atoms with Gasteiger partial charge in [0.1, 0.15) is 0 Å². The molecule has 0 aliphatic carbocycles. The van der Waals surface area contributed by atoms with Crippen LogP contribution >= 0.6 is 11.6 Å². The Hall–Kier alpha value is -0.580. The zero-order valence-electron chi connectivity index (χ0n) is 11.3. The lowest BCUT2D eigenvalue weighted by Crippen LogP contribution is -2.29. The van der Waals surface area contributed by atoms with Gasteiger partial charge in [-0.05, 0) is 34.1 Å². The van der Waals surface area contributed by atoms with E-state index < -0.39 is 0 Å². The molecule has 5 heteroatoms. The van der Waals surface area contributed by atoms with Crippen LogP contribution in [0.1, 0.15) is 46.0 Å². The van der Waals surface area contributed by atoms with Crippen molar-refractivity contribution in [2.75, 3.05) is 0 Å². The molecule has 0 spiro atoms. The summed E-state index contributed by atoms with van der Waals surface area (Å²) >= 11 is 6.28. The third kappa shape index (κ3) is 3.98. The second-order valence-corrected chi connectivity index (χ2v) is 5.29. The number of nitrogens with zero attached hydrogens (tertiary/aromatic N) is 2. The number of nitrogens with one attached hydrogen (secondary N) is 1. The molecule has 0 aromatic carbocycles. The van der Waals surface area contributed by atoms with E-state index in [4.69, 9.17) is 16.4 Å². The smallest absolute Gasteiger partial charge is 0.0864 e. The SMILES string of the molecule is CCc1nn(CC)c(CNOC(C)(C)C)c1Cl. The third-order valence-electron chi connectivity index (χ3n) is 2.31. The van der Waals surface area contributed by atoms with Gasteiger partial charge < -0.3 is 0 Å². The fourth-order valence-electron chi connectivity index (χ4n) is 1.51. The summed E-state index contributed by atoms with van der Waals surface area (Å²) in [5.74, 6) is 0. The monoisotopic (exact) mass is 259 g/mol. The fourth-order valence-corrected chi connectivity index (χ4v) is 1.84. The molecular formula is C12H22ClN3O. The summed E-state index contributed by atoms with van der Waals surface area (Å²) in [4.78, 5) is 5.48. The first-order valence-corrected chi connectivity index (χ1v) is 6.41. The van der Waals surface area contributed by atoms with Crippen molar-refractivity contribution in [3.05, 3.63) is 16.4 Å². The van der Waals surface area contributed by atoms with Crippen LogP contribution in [0.25, 0.3) is 0 Å². The molecule has 1 N–H and O–H groups in total. The maximum atomic E-state index is 6.28. The van der Waals surface area contributed by atoms with Crippen LogP contribution in [-0.2, 0) is 24.3 Å². The maximum absolute atomic E-state index is 6.28. The molecular weight excluding hydrogens is 238 g/mol. The molecule has 17 heavy (non-hydrogen) atoms. The predicted octanol–water partition coefficient (Wildman–Crippen LogP) is 2.94. The third-order valence-corrected chi connectivity index (χ3v) is 2.75. The van der Waals surface area contributed by atoms with Gasteiger partial charge in [0.25, 0.3) is 0 Å². The van der Waals surface area contributed by atoms with E-state index in [1.165, 1.54) is 0 Å². The molecule has 1 aromatic heterocycles. The van der Waals surface area contributed by atoms with Gasteiger partial charge in [0, 0.05) is 6.54 Å². The van der Waals surface area contributed by atoms with Crippen LogP contribution in [0, 0.1) is 0 Å². The molecule has 0 saturated carbocycles. The molecule has 0 bridgehead atoms. The van der Waals surface area contributed by atoms with Crippen LogP contribution in [0.15, 0.2) is 0 Å². The molecule has 0 aliphatic rings. The zero-order chi connectivity index (χ0) is 13.1. The molecule has 0 aliphatic heterocycles. The van der Waals surface area contributed by atoms with Gasteiger partial charge in [-0.1, -0.05) is 18.5 Å². The van der Waals surface area contributed by atoms with E-state index in [2.05, 4.69) is 24.4 Å². The van der Waals surface area contributed by atoms with Gasteiger partial charge in [-0.15, -0.1) is 0 Å². The van der Waals surface area contributed by atoms with Crippen molar-refractivity contribution in [2.24, 2.45) is 0 Å². The topological polar surface area (TPSA) is 39.1 Å². The highest BCUT2D eigenvalue weighted by Crippen LogP contribution is 2.21. The molecule has 98 valence electrons. The molecule has 0 saturated heterocycles. The van der Waals surface area contributed by atoms with Crippen LogP contribution in [0.2, 0.25) is 5.02 Å². The van der Waals surface area contributed by atoms with Crippen molar-refractivity contribution in [3.63, 3.8) is 0 Å². The average molecular weight is 260 g/mol.